The molecule has 0 aliphatic heterocycles. The van der Waals surface area contributed by atoms with Crippen molar-refractivity contribution in [2.45, 2.75) is 49.9 Å². The number of hydrogen-bond acceptors (Lipinski definition) is 7. The van der Waals surface area contributed by atoms with Gasteiger partial charge >= 0.3 is 5.97 Å². The molecule has 0 unspecified atom stereocenters. The zero-order valence-corrected chi connectivity index (χ0v) is 18.4. The van der Waals surface area contributed by atoms with E-state index in [4.69, 9.17) is 4.74 Å². The number of benzene rings is 1. The van der Waals surface area contributed by atoms with E-state index in [0.717, 1.165) is 5.56 Å². The Kier molecular flexibility index (Phi) is 8.00. The number of aryl methyl sites for hydroxylation is 1. The molecule has 0 fully saturated rings. The van der Waals surface area contributed by atoms with Crippen molar-refractivity contribution in [2.75, 3.05) is 6.26 Å². The van der Waals surface area contributed by atoms with Gasteiger partial charge in [0, 0.05) is 6.07 Å². The van der Waals surface area contributed by atoms with Crippen molar-refractivity contribution in [2.24, 2.45) is 5.92 Å². The van der Waals surface area contributed by atoms with Gasteiger partial charge in [-0.15, -0.1) is 0 Å². The van der Waals surface area contributed by atoms with Gasteiger partial charge in [-0.2, -0.15) is 4.72 Å². The molecule has 0 aliphatic carbocycles. The van der Waals surface area contributed by atoms with Crippen molar-refractivity contribution in [3.63, 3.8) is 0 Å². The lowest BCUT2D eigenvalue weighted by molar-refractivity contribution is -0.147. The van der Waals surface area contributed by atoms with E-state index in [-0.39, 0.29) is 35.1 Å². The molecular weight excluding hydrogens is 414 g/mol. The van der Waals surface area contributed by atoms with E-state index < -0.39 is 22.0 Å². The van der Waals surface area contributed by atoms with E-state index in [1.54, 1.807) is 18.4 Å². The first-order valence-corrected chi connectivity index (χ1v) is 11.7. The number of H-pyrrole nitrogens is 1. The van der Waals surface area contributed by atoms with Gasteiger partial charge in [0.15, 0.2) is 5.16 Å². The molecule has 10 heteroatoms. The molecule has 0 radical (unpaired) electrons. The summed E-state index contributed by atoms with van der Waals surface area (Å²) in [4.78, 5) is 31.0. The van der Waals surface area contributed by atoms with Crippen LogP contribution in [0.25, 0.3) is 0 Å². The Balaban J connectivity index is 2.14. The molecule has 1 atom stereocenters. The number of aromatic nitrogens is 2. The SMILES string of the molecule is CSc1nc(COC(=O)[C@H](CC(C)C)NS(=O)(=O)c2ccc(C)cc2)cc(=O)[nH]1. The van der Waals surface area contributed by atoms with Crippen LogP contribution in [0.15, 0.2) is 45.2 Å². The highest BCUT2D eigenvalue weighted by molar-refractivity contribution is 7.98. The molecular formula is C19H25N3O5S2. The Morgan fingerprint density at radius 3 is 2.52 bits per heavy atom. The molecule has 2 N–H and O–H groups in total. The van der Waals surface area contributed by atoms with Gasteiger partial charge in [0.2, 0.25) is 10.0 Å². The summed E-state index contributed by atoms with van der Waals surface area (Å²) in [5.41, 5.74) is 0.863. The molecule has 0 spiro atoms. The van der Waals surface area contributed by atoms with Crippen LogP contribution in [0.4, 0.5) is 0 Å². The number of hydrogen-bond donors (Lipinski definition) is 2. The number of sulfonamides is 1. The van der Waals surface area contributed by atoms with Gasteiger partial charge in [0.25, 0.3) is 5.56 Å². The van der Waals surface area contributed by atoms with Crippen molar-refractivity contribution in [1.82, 2.24) is 14.7 Å². The number of nitrogens with one attached hydrogen (secondary N) is 2. The van der Waals surface area contributed by atoms with Gasteiger partial charge in [-0.25, -0.2) is 13.4 Å². The summed E-state index contributed by atoms with van der Waals surface area (Å²) in [5, 5.41) is 0.405. The van der Waals surface area contributed by atoms with Crippen LogP contribution < -0.4 is 10.3 Å². The summed E-state index contributed by atoms with van der Waals surface area (Å²) >= 11 is 1.25. The Bertz CT molecular complexity index is 1000. The molecule has 0 bridgehead atoms. The summed E-state index contributed by atoms with van der Waals surface area (Å²) in [6.45, 7) is 5.39. The fourth-order valence-electron chi connectivity index (χ4n) is 2.54. The normalized spacial score (nSPS) is 12.7. The summed E-state index contributed by atoms with van der Waals surface area (Å²) in [7, 11) is -3.89. The van der Waals surface area contributed by atoms with Crippen molar-refractivity contribution in [3.05, 3.63) is 51.9 Å². The highest BCUT2D eigenvalue weighted by Gasteiger charge is 2.28. The van der Waals surface area contributed by atoms with E-state index >= 15 is 0 Å². The highest BCUT2D eigenvalue weighted by Crippen LogP contribution is 2.15. The monoisotopic (exact) mass is 439 g/mol. The molecule has 2 aromatic rings. The van der Waals surface area contributed by atoms with Crippen LogP contribution in [-0.4, -0.2) is 36.7 Å². The number of carbonyl (C=O) groups is 1. The lowest BCUT2D eigenvalue weighted by atomic mass is 10.1. The number of nitrogens with zero attached hydrogens (tertiary/aromatic N) is 1. The number of ether oxygens (including phenoxy) is 1. The van der Waals surface area contributed by atoms with Gasteiger partial charge < -0.3 is 9.72 Å². The Morgan fingerprint density at radius 2 is 1.93 bits per heavy atom. The Labute approximate surface area is 174 Å². The maximum Gasteiger partial charge on any atom is 0.324 e. The third-order valence-electron chi connectivity index (χ3n) is 3.95. The number of carbonyl (C=O) groups excluding carboxylic acids is 1. The number of thioether (sulfide) groups is 1. The van der Waals surface area contributed by atoms with E-state index in [0.29, 0.717) is 5.16 Å². The standard InChI is InChI=1S/C19H25N3O5S2/c1-12(2)9-16(22-29(25,26)15-7-5-13(3)6-8-15)18(24)27-11-14-10-17(23)21-19(20-14)28-4/h5-8,10,12,16,22H,9,11H2,1-4H3,(H,20,21,23)/t16-/m0/s1. The van der Waals surface area contributed by atoms with Gasteiger partial charge in [-0.1, -0.05) is 43.3 Å². The molecule has 158 valence electrons. The first-order valence-electron chi connectivity index (χ1n) is 9.00. The quantitative estimate of drug-likeness (QED) is 0.349. The zero-order chi connectivity index (χ0) is 21.6. The predicted octanol–water partition coefficient (Wildman–Crippen LogP) is 2.24. The summed E-state index contributed by atoms with van der Waals surface area (Å²) in [5.74, 6) is -0.670. The van der Waals surface area contributed by atoms with Gasteiger partial charge in [0.1, 0.15) is 12.6 Å². The maximum atomic E-state index is 12.7. The van der Waals surface area contributed by atoms with Crippen molar-refractivity contribution in [1.29, 1.82) is 0 Å². The average molecular weight is 440 g/mol. The zero-order valence-electron chi connectivity index (χ0n) is 16.8. The van der Waals surface area contributed by atoms with E-state index in [1.165, 1.54) is 30.0 Å². The molecule has 29 heavy (non-hydrogen) atoms. The highest BCUT2D eigenvalue weighted by atomic mass is 32.2. The van der Waals surface area contributed by atoms with Gasteiger partial charge in [0.05, 0.1) is 10.6 Å². The molecule has 0 aliphatic rings. The summed E-state index contributed by atoms with van der Waals surface area (Å²) in [6, 6.07) is 6.53. The van der Waals surface area contributed by atoms with Crippen LogP contribution in [0.3, 0.4) is 0 Å². The van der Waals surface area contributed by atoms with Crippen LogP contribution in [0.5, 0.6) is 0 Å². The summed E-state index contributed by atoms with van der Waals surface area (Å²) < 4.78 is 33.0. The van der Waals surface area contributed by atoms with Crippen molar-refractivity contribution < 1.29 is 17.9 Å². The second-order valence-corrected chi connectivity index (χ2v) is 9.48. The van der Waals surface area contributed by atoms with E-state index in [2.05, 4.69) is 14.7 Å². The molecule has 0 saturated heterocycles. The molecule has 8 nitrogen and oxygen atoms in total. The number of rotatable bonds is 9. The molecule has 1 aromatic carbocycles. The second-order valence-electron chi connectivity index (χ2n) is 6.97. The Morgan fingerprint density at radius 1 is 1.28 bits per heavy atom. The lowest BCUT2D eigenvalue weighted by Crippen LogP contribution is -2.42. The molecule has 1 heterocycles. The fraction of sp³-hybridized carbons (Fsp3) is 0.421. The minimum atomic E-state index is -3.89. The maximum absolute atomic E-state index is 12.7. The van der Waals surface area contributed by atoms with Gasteiger partial charge in [-0.05, 0) is 37.7 Å². The molecule has 1 aromatic heterocycles. The molecule has 0 saturated carbocycles. The minimum Gasteiger partial charge on any atom is -0.458 e. The lowest BCUT2D eigenvalue weighted by Gasteiger charge is -2.19. The van der Waals surface area contributed by atoms with Crippen LogP contribution >= 0.6 is 11.8 Å². The third kappa shape index (κ3) is 6.98. The minimum absolute atomic E-state index is 0.0501. The van der Waals surface area contributed by atoms with Crippen LogP contribution in [0.1, 0.15) is 31.5 Å². The predicted molar refractivity (Wildman–Crippen MR) is 111 cm³/mol. The van der Waals surface area contributed by atoms with Crippen LogP contribution in [0.2, 0.25) is 0 Å². The van der Waals surface area contributed by atoms with Crippen LogP contribution in [0, 0.1) is 12.8 Å². The number of esters is 1. The topological polar surface area (TPSA) is 118 Å². The molecule has 0 amide bonds. The van der Waals surface area contributed by atoms with E-state index in [9.17, 15) is 18.0 Å². The van der Waals surface area contributed by atoms with Crippen molar-refractivity contribution in [3.8, 4) is 0 Å². The summed E-state index contributed by atoms with van der Waals surface area (Å²) in [6.07, 6.45) is 2.02. The van der Waals surface area contributed by atoms with E-state index in [1.807, 2.05) is 20.8 Å². The number of aromatic amines is 1. The largest absolute Gasteiger partial charge is 0.458 e. The average Bonchev–Trinajstić information content (AvgIpc) is 2.65. The third-order valence-corrected chi connectivity index (χ3v) is 6.02. The molecule has 2 rings (SSSR count). The first kappa shape index (κ1) is 23.1. The van der Waals surface area contributed by atoms with Crippen LogP contribution in [-0.2, 0) is 26.2 Å². The smallest absolute Gasteiger partial charge is 0.324 e. The second kappa shape index (κ2) is 10.0. The fourth-order valence-corrected chi connectivity index (χ4v) is 4.15. The Hall–Kier alpha value is -2.17. The van der Waals surface area contributed by atoms with Crippen molar-refractivity contribution >= 4 is 27.8 Å². The first-order chi connectivity index (χ1) is 13.6. The van der Waals surface area contributed by atoms with Gasteiger partial charge in [-0.3, -0.25) is 9.59 Å².